The monoisotopic (exact) mass is 577 g/mol. The maximum atomic E-state index is 13.5. The van der Waals surface area contributed by atoms with E-state index in [0.717, 1.165) is 39.2 Å². The summed E-state index contributed by atoms with van der Waals surface area (Å²) >= 11 is 9.41. The van der Waals surface area contributed by atoms with Crippen molar-refractivity contribution in [3.05, 3.63) is 87.4 Å². The number of hydrogen-bond acceptors (Lipinski definition) is 4. The molecule has 0 aliphatic heterocycles. The van der Waals surface area contributed by atoms with Crippen LogP contribution in [0.3, 0.4) is 0 Å². The largest absolute Gasteiger partial charge is 0.492 e. The van der Waals surface area contributed by atoms with Crippen molar-refractivity contribution in [3.8, 4) is 5.75 Å². The van der Waals surface area contributed by atoms with Gasteiger partial charge in [-0.2, -0.15) is 0 Å². The second kappa shape index (κ2) is 12.6. The number of aryl methyl sites for hydroxylation is 2. The number of carbonyl (C=O) groups excluding carboxylic acids is 1. The zero-order valence-electron chi connectivity index (χ0n) is 19.8. The van der Waals surface area contributed by atoms with Gasteiger partial charge in [0, 0.05) is 11.4 Å². The molecule has 5 nitrogen and oxygen atoms in total. The van der Waals surface area contributed by atoms with Gasteiger partial charge < -0.3 is 4.74 Å². The van der Waals surface area contributed by atoms with Gasteiger partial charge in [-0.3, -0.25) is 4.79 Å². The van der Waals surface area contributed by atoms with Crippen LogP contribution in [0.5, 0.6) is 5.75 Å². The van der Waals surface area contributed by atoms with Gasteiger partial charge in [-0.05, 0) is 102 Å². The Morgan fingerprint density at radius 2 is 1.69 bits per heavy atom. The molecule has 0 fully saturated rings. The van der Waals surface area contributed by atoms with Crippen LogP contribution < -0.4 is 9.04 Å². The molecule has 3 aromatic rings. The van der Waals surface area contributed by atoms with Crippen LogP contribution in [0.1, 0.15) is 43.7 Å². The van der Waals surface area contributed by atoms with Crippen molar-refractivity contribution in [2.45, 2.75) is 50.8 Å². The lowest BCUT2D eigenvalue weighted by molar-refractivity contribution is -0.117. The topological polar surface area (TPSA) is 63.7 Å². The molecule has 3 aromatic carbocycles. The Kier molecular flexibility index (Phi) is 9.78. The molecule has 0 saturated carbocycles. The van der Waals surface area contributed by atoms with Crippen molar-refractivity contribution in [2.24, 2.45) is 0 Å². The van der Waals surface area contributed by atoms with Crippen LogP contribution in [0.4, 0.5) is 5.69 Å². The fourth-order valence-corrected chi connectivity index (χ4v) is 5.72. The fourth-order valence-electron chi connectivity index (χ4n) is 3.54. The van der Waals surface area contributed by atoms with E-state index in [1.165, 1.54) is 24.3 Å². The first-order valence-electron chi connectivity index (χ1n) is 11.5. The molecule has 0 radical (unpaired) electrons. The van der Waals surface area contributed by atoms with Gasteiger partial charge in [-0.1, -0.05) is 43.1 Å². The first-order valence-corrected chi connectivity index (χ1v) is 14.1. The molecular weight excluding hydrogens is 550 g/mol. The Labute approximate surface area is 221 Å². The summed E-state index contributed by atoms with van der Waals surface area (Å²) < 4.78 is 34.5. The van der Waals surface area contributed by atoms with Gasteiger partial charge in [0.15, 0.2) is 0 Å². The van der Waals surface area contributed by atoms with Crippen LogP contribution in [0, 0.1) is 6.92 Å². The number of sulfonamides is 1. The Hall–Kier alpha value is -2.35. The predicted octanol–water partition coefficient (Wildman–Crippen LogP) is 7.33. The van der Waals surface area contributed by atoms with Crippen LogP contribution in [0.25, 0.3) is 0 Å². The Morgan fingerprint density at radius 1 is 1.00 bits per heavy atom. The molecule has 0 N–H and O–H groups in total. The van der Waals surface area contributed by atoms with Crippen LogP contribution in [-0.2, 0) is 21.2 Å². The maximum absolute atomic E-state index is 13.5. The van der Waals surface area contributed by atoms with E-state index >= 15 is 0 Å². The van der Waals surface area contributed by atoms with E-state index in [2.05, 4.69) is 22.9 Å². The van der Waals surface area contributed by atoms with Gasteiger partial charge in [0.05, 0.1) is 21.7 Å². The molecule has 0 bridgehead atoms. The number of hydrogen-bond donors (Lipinski definition) is 0. The van der Waals surface area contributed by atoms with E-state index in [-0.39, 0.29) is 17.9 Å². The average Bonchev–Trinajstić information content (AvgIpc) is 2.82. The van der Waals surface area contributed by atoms with E-state index in [1.54, 1.807) is 12.1 Å². The molecule has 0 saturated heterocycles. The predicted molar refractivity (Wildman–Crippen MR) is 145 cm³/mol. The quantitative estimate of drug-likeness (QED) is 0.223. The molecule has 1 amide bonds. The summed E-state index contributed by atoms with van der Waals surface area (Å²) in [5, 5.41) is 0.418. The molecule has 0 atom stereocenters. The Balaban J connectivity index is 1.79. The van der Waals surface area contributed by atoms with Gasteiger partial charge in [-0.25, -0.2) is 12.7 Å². The summed E-state index contributed by atoms with van der Waals surface area (Å²) in [6.07, 6.45) is 3.38. The standard InChI is InChI=1S/C27H29BrClNO4S/c1-3-4-6-21-9-13-23(14-10-21)30(35(32,33)24-15-11-22(29)12-16-24)27(31)7-5-18-34-26-17-8-20(2)19-25(26)28/h8-17,19H,3-7,18H2,1-2H3. The third-order valence-electron chi connectivity index (χ3n) is 5.45. The Morgan fingerprint density at radius 3 is 2.31 bits per heavy atom. The van der Waals surface area contributed by atoms with Crippen molar-refractivity contribution in [1.29, 1.82) is 0 Å². The minimum Gasteiger partial charge on any atom is -0.492 e. The minimum absolute atomic E-state index is 0.00476. The van der Waals surface area contributed by atoms with Crippen molar-refractivity contribution in [3.63, 3.8) is 0 Å². The molecule has 0 unspecified atom stereocenters. The normalized spacial score (nSPS) is 11.3. The van der Waals surface area contributed by atoms with E-state index in [1.807, 2.05) is 37.3 Å². The first-order chi connectivity index (χ1) is 16.7. The first kappa shape index (κ1) is 27.2. The van der Waals surface area contributed by atoms with Crippen molar-refractivity contribution >= 4 is 49.1 Å². The average molecular weight is 579 g/mol. The smallest absolute Gasteiger partial charge is 0.270 e. The number of halogens is 2. The number of carbonyl (C=O) groups is 1. The molecular formula is C27H29BrClNO4S. The molecule has 3 rings (SSSR count). The van der Waals surface area contributed by atoms with E-state index in [4.69, 9.17) is 16.3 Å². The maximum Gasteiger partial charge on any atom is 0.270 e. The third-order valence-corrected chi connectivity index (χ3v) is 8.08. The van der Waals surface area contributed by atoms with Gasteiger partial charge in [0.1, 0.15) is 5.75 Å². The lowest BCUT2D eigenvalue weighted by atomic mass is 10.1. The zero-order valence-corrected chi connectivity index (χ0v) is 23.0. The highest BCUT2D eigenvalue weighted by atomic mass is 79.9. The summed E-state index contributed by atoms with van der Waals surface area (Å²) in [5.74, 6) is 0.157. The SMILES string of the molecule is CCCCc1ccc(N(C(=O)CCCOc2ccc(C)cc2Br)S(=O)(=O)c2ccc(Cl)cc2)cc1. The highest BCUT2D eigenvalue weighted by Crippen LogP contribution is 2.28. The van der Waals surface area contributed by atoms with Crippen LogP contribution in [-0.4, -0.2) is 20.9 Å². The molecule has 0 aromatic heterocycles. The van der Waals surface area contributed by atoms with E-state index in [9.17, 15) is 13.2 Å². The minimum atomic E-state index is -4.12. The Bertz CT molecular complexity index is 1250. The summed E-state index contributed by atoms with van der Waals surface area (Å²) in [6.45, 7) is 4.38. The summed E-state index contributed by atoms with van der Waals surface area (Å²) in [5.41, 5.74) is 2.51. The fraction of sp³-hybridized carbons (Fsp3) is 0.296. The van der Waals surface area contributed by atoms with Crippen molar-refractivity contribution < 1.29 is 17.9 Å². The molecule has 35 heavy (non-hydrogen) atoms. The number of anilines is 1. The molecule has 0 heterocycles. The highest BCUT2D eigenvalue weighted by Gasteiger charge is 2.30. The summed E-state index contributed by atoms with van der Waals surface area (Å²) in [6, 6.07) is 18.7. The summed E-state index contributed by atoms with van der Waals surface area (Å²) in [4.78, 5) is 13.3. The third kappa shape index (κ3) is 7.32. The second-order valence-electron chi connectivity index (χ2n) is 8.27. The lowest BCUT2D eigenvalue weighted by Crippen LogP contribution is -2.37. The number of rotatable bonds is 11. The van der Waals surface area contributed by atoms with Gasteiger partial charge in [0.2, 0.25) is 5.91 Å². The van der Waals surface area contributed by atoms with Crippen LogP contribution in [0.2, 0.25) is 5.02 Å². The molecule has 0 spiro atoms. The molecule has 0 aliphatic rings. The number of amides is 1. The van der Waals surface area contributed by atoms with Crippen LogP contribution >= 0.6 is 27.5 Å². The van der Waals surface area contributed by atoms with Gasteiger partial charge in [0.25, 0.3) is 10.0 Å². The van der Waals surface area contributed by atoms with Crippen molar-refractivity contribution in [1.82, 2.24) is 0 Å². The second-order valence-corrected chi connectivity index (χ2v) is 11.4. The van der Waals surface area contributed by atoms with E-state index in [0.29, 0.717) is 22.9 Å². The molecule has 186 valence electrons. The van der Waals surface area contributed by atoms with Crippen LogP contribution in [0.15, 0.2) is 76.1 Å². The number of nitrogens with zero attached hydrogens (tertiary/aromatic N) is 1. The lowest BCUT2D eigenvalue weighted by Gasteiger charge is -2.23. The number of benzene rings is 3. The van der Waals surface area contributed by atoms with Crippen molar-refractivity contribution in [2.75, 3.05) is 10.9 Å². The van der Waals surface area contributed by atoms with Gasteiger partial charge in [-0.15, -0.1) is 0 Å². The number of unbranched alkanes of at least 4 members (excludes halogenated alkanes) is 1. The van der Waals surface area contributed by atoms with E-state index < -0.39 is 15.9 Å². The summed E-state index contributed by atoms with van der Waals surface area (Å²) in [7, 11) is -4.12. The molecule has 8 heteroatoms. The van der Waals surface area contributed by atoms with Gasteiger partial charge >= 0.3 is 0 Å². The zero-order chi connectivity index (χ0) is 25.4. The highest BCUT2D eigenvalue weighted by molar-refractivity contribution is 9.10. The molecule has 0 aliphatic carbocycles. The number of ether oxygens (including phenoxy) is 1.